The number of nitrogens with zero attached hydrogens (tertiary/aromatic N) is 1. The summed E-state index contributed by atoms with van der Waals surface area (Å²) in [7, 11) is 0. The van der Waals surface area contributed by atoms with Crippen LogP contribution in [0.3, 0.4) is 0 Å². The number of anilines is 3. The van der Waals surface area contributed by atoms with Gasteiger partial charge in [-0.2, -0.15) is 0 Å². The summed E-state index contributed by atoms with van der Waals surface area (Å²) in [6, 6.07) is 7.11. The fraction of sp³-hybridized carbons (Fsp3) is 0.0833. The van der Waals surface area contributed by atoms with Crippen molar-refractivity contribution in [3.05, 3.63) is 45.4 Å². The van der Waals surface area contributed by atoms with Crippen molar-refractivity contribution in [1.29, 1.82) is 0 Å². The summed E-state index contributed by atoms with van der Waals surface area (Å²) in [5.41, 5.74) is 1.11. The monoisotopic (exact) mass is 322 g/mol. The van der Waals surface area contributed by atoms with Crippen LogP contribution in [-0.4, -0.2) is 15.9 Å². The van der Waals surface area contributed by atoms with Crippen molar-refractivity contribution in [3.8, 4) is 0 Å². The zero-order chi connectivity index (χ0) is 13.8. The van der Waals surface area contributed by atoms with Gasteiger partial charge in [0.1, 0.15) is 4.47 Å². The minimum absolute atomic E-state index is 0.146. The number of hydrogen-bond donors (Lipinski definition) is 3. The summed E-state index contributed by atoms with van der Waals surface area (Å²) < 4.78 is 0.319. The van der Waals surface area contributed by atoms with Gasteiger partial charge in [0.25, 0.3) is 5.56 Å². The predicted molar refractivity (Wildman–Crippen MR) is 76.6 cm³/mol. The highest BCUT2D eigenvalue weighted by Crippen LogP contribution is 2.22. The molecule has 6 nitrogen and oxygen atoms in total. The molecular formula is C12H11BrN4O2. The number of H-pyrrole nitrogens is 1. The van der Waals surface area contributed by atoms with Gasteiger partial charge in [-0.3, -0.25) is 9.59 Å². The average molecular weight is 323 g/mol. The Morgan fingerprint density at radius 1 is 1.37 bits per heavy atom. The molecule has 1 amide bonds. The zero-order valence-electron chi connectivity index (χ0n) is 10.0. The number of carbonyl (C=O) groups excluding carboxylic acids is 1. The molecule has 0 aliphatic carbocycles. The molecule has 0 saturated carbocycles. The third-order valence-electron chi connectivity index (χ3n) is 2.24. The first-order chi connectivity index (χ1) is 9.06. The number of rotatable bonds is 3. The lowest BCUT2D eigenvalue weighted by Gasteiger charge is -2.08. The molecule has 1 aromatic heterocycles. The molecule has 19 heavy (non-hydrogen) atoms. The lowest BCUT2D eigenvalue weighted by Crippen LogP contribution is -2.10. The van der Waals surface area contributed by atoms with E-state index in [1.807, 2.05) is 0 Å². The maximum absolute atomic E-state index is 11.4. The summed E-state index contributed by atoms with van der Waals surface area (Å²) in [6.45, 7) is 1.44. The summed E-state index contributed by atoms with van der Waals surface area (Å²) in [4.78, 5) is 28.9. The van der Waals surface area contributed by atoms with Crippen LogP contribution in [0.25, 0.3) is 0 Å². The van der Waals surface area contributed by atoms with Gasteiger partial charge in [0, 0.05) is 18.3 Å². The van der Waals surface area contributed by atoms with E-state index in [2.05, 4.69) is 36.5 Å². The highest BCUT2D eigenvalue weighted by molar-refractivity contribution is 9.10. The van der Waals surface area contributed by atoms with E-state index in [0.29, 0.717) is 21.7 Å². The minimum atomic E-state index is -0.268. The molecule has 0 radical (unpaired) electrons. The molecule has 0 aliphatic rings. The van der Waals surface area contributed by atoms with E-state index in [9.17, 15) is 9.59 Å². The molecule has 2 rings (SSSR count). The normalized spacial score (nSPS) is 10.0. The Morgan fingerprint density at radius 3 is 2.84 bits per heavy atom. The number of hydrogen-bond acceptors (Lipinski definition) is 4. The van der Waals surface area contributed by atoms with Crippen molar-refractivity contribution in [1.82, 2.24) is 9.97 Å². The van der Waals surface area contributed by atoms with Gasteiger partial charge in [0.15, 0.2) is 5.82 Å². The van der Waals surface area contributed by atoms with E-state index in [0.717, 1.165) is 0 Å². The quantitative estimate of drug-likeness (QED) is 0.808. The van der Waals surface area contributed by atoms with Crippen LogP contribution in [0.4, 0.5) is 17.2 Å². The van der Waals surface area contributed by atoms with Gasteiger partial charge in [-0.1, -0.05) is 6.07 Å². The first kappa shape index (κ1) is 13.3. The van der Waals surface area contributed by atoms with Gasteiger partial charge < -0.3 is 15.6 Å². The van der Waals surface area contributed by atoms with Crippen LogP contribution in [0.5, 0.6) is 0 Å². The van der Waals surface area contributed by atoms with Crippen molar-refractivity contribution >= 4 is 39.0 Å². The van der Waals surface area contributed by atoms with Crippen molar-refractivity contribution < 1.29 is 4.79 Å². The fourth-order valence-corrected chi connectivity index (χ4v) is 1.80. The number of carbonyl (C=O) groups is 1. The number of halogens is 1. The molecule has 0 fully saturated rings. The second kappa shape index (κ2) is 5.66. The van der Waals surface area contributed by atoms with Crippen molar-refractivity contribution in [2.24, 2.45) is 0 Å². The van der Waals surface area contributed by atoms with Crippen molar-refractivity contribution in [3.63, 3.8) is 0 Å². The maximum atomic E-state index is 11.4. The first-order valence-corrected chi connectivity index (χ1v) is 6.23. The Hall–Kier alpha value is -2.15. The Balaban J connectivity index is 2.26. The molecule has 0 bridgehead atoms. The molecule has 3 N–H and O–H groups in total. The topological polar surface area (TPSA) is 86.9 Å². The third kappa shape index (κ3) is 3.41. The van der Waals surface area contributed by atoms with Gasteiger partial charge in [-0.15, -0.1) is 0 Å². The molecule has 0 atom stereocenters. The summed E-state index contributed by atoms with van der Waals surface area (Å²) in [5.74, 6) is 0.260. The van der Waals surface area contributed by atoms with Crippen molar-refractivity contribution in [2.75, 3.05) is 10.6 Å². The molecule has 0 saturated heterocycles. The average Bonchev–Trinajstić information content (AvgIpc) is 2.35. The molecule has 2 aromatic rings. The van der Waals surface area contributed by atoms with Gasteiger partial charge in [-0.25, -0.2) is 4.98 Å². The van der Waals surface area contributed by atoms with E-state index < -0.39 is 0 Å². The molecule has 0 spiro atoms. The highest BCUT2D eigenvalue weighted by atomic mass is 79.9. The van der Waals surface area contributed by atoms with E-state index in [-0.39, 0.29) is 11.5 Å². The summed E-state index contributed by atoms with van der Waals surface area (Å²) >= 11 is 3.16. The van der Waals surface area contributed by atoms with Crippen LogP contribution >= 0.6 is 15.9 Å². The van der Waals surface area contributed by atoms with Crippen LogP contribution in [0.2, 0.25) is 0 Å². The van der Waals surface area contributed by atoms with Crippen LogP contribution < -0.4 is 16.2 Å². The van der Waals surface area contributed by atoms with Gasteiger partial charge >= 0.3 is 0 Å². The number of aromatic amines is 1. The highest BCUT2D eigenvalue weighted by Gasteiger charge is 2.06. The number of nitrogens with one attached hydrogen (secondary N) is 3. The third-order valence-corrected chi connectivity index (χ3v) is 2.98. The molecule has 98 valence electrons. The SMILES string of the molecule is CC(=O)Nc1cccc(Nc2nc[nH]c(=O)c2Br)c1. The summed E-state index contributed by atoms with van der Waals surface area (Å²) in [5, 5.41) is 5.68. The smallest absolute Gasteiger partial charge is 0.267 e. The number of benzene rings is 1. The largest absolute Gasteiger partial charge is 0.339 e. The maximum Gasteiger partial charge on any atom is 0.267 e. The zero-order valence-corrected chi connectivity index (χ0v) is 11.6. The molecular weight excluding hydrogens is 312 g/mol. The van der Waals surface area contributed by atoms with Crippen LogP contribution in [0.15, 0.2) is 39.9 Å². The second-order valence-corrected chi connectivity index (χ2v) is 4.57. The fourth-order valence-electron chi connectivity index (χ4n) is 1.48. The van der Waals surface area contributed by atoms with E-state index >= 15 is 0 Å². The van der Waals surface area contributed by atoms with E-state index in [1.54, 1.807) is 24.3 Å². The standard InChI is InChI=1S/C12H11BrN4O2/c1-7(18)16-8-3-2-4-9(5-8)17-11-10(13)12(19)15-6-14-11/h2-6H,1H3,(H,16,18)(H2,14,15,17,19). The van der Waals surface area contributed by atoms with Gasteiger partial charge in [0.05, 0.1) is 6.33 Å². The Kier molecular flexibility index (Phi) is 3.96. The van der Waals surface area contributed by atoms with Crippen LogP contribution in [-0.2, 0) is 4.79 Å². The predicted octanol–water partition coefficient (Wildman–Crippen LogP) is 2.23. The second-order valence-electron chi connectivity index (χ2n) is 3.78. The first-order valence-electron chi connectivity index (χ1n) is 5.44. The van der Waals surface area contributed by atoms with E-state index in [4.69, 9.17) is 0 Å². The lowest BCUT2D eigenvalue weighted by molar-refractivity contribution is -0.114. The van der Waals surface area contributed by atoms with Gasteiger partial charge in [-0.05, 0) is 34.1 Å². The molecule has 7 heteroatoms. The van der Waals surface area contributed by atoms with Crippen LogP contribution in [0.1, 0.15) is 6.92 Å². The molecule has 1 aromatic carbocycles. The molecule has 0 aliphatic heterocycles. The van der Waals surface area contributed by atoms with Gasteiger partial charge in [0.2, 0.25) is 5.91 Å². The molecule has 1 heterocycles. The summed E-state index contributed by atoms with van der Waals surface area (Å²) in [6.07, 6.45) is 1.31. The Bertz CT molecular complexity index is 669. The lowest BCUT2D eigenvalue weighted by atomic mass is 10.2. The van der Waals surface area contributed by atoms with Crippen LogP contribution in [0, 0.1) is 0 Å². The number of amides is 1. The Morgan fingerprint density at radius 2 is 2.11 bits per heavy atom. The molecule has 0 unspecified atom stereocenters. The van der Waals surface area contributed by atoms with E-state index in [1.165, 1.54) is 13.3 Å². The van der Waals surface area contributed by atoms with Crippen molar-refractivity contribution in [2.45, 2.75) is 6.92 Å². The minimum Gasteiger partial charge on any atom is -0.339 e. The Labute approximate surface area is 117 Å². The number of aromatic nitrogens is 2.